The summed E-state index contributed by atoms with van der Waals surface area (Å²) in [5.41, 5.74) is 3.67. The number of rotatable bonds is 13. The van der Waals surface area contributed by atoms with Crippen LogP contribution in [0.1, 0.15) is 48.4 Å². The van der Waals surface area contributed by atoms with Gasteiger partial charge in [-0.2, -0.15) is 10.3 Å². The lowest BCUT2D eigenvalue weighted by molar-refractivity contribution is -0.146. The minimum Gasteiger partial charge on any atom is -0.465 e. The molecule has 1 N–H and O–H groups in total. The lowest BCUT2D eigenvalue weighted by Gasteiger charge is -2.14. The van der Waals surface area contributed by atoms with Gasteiger partial charge in [-0.25, -0.2) is 9.48 Å². The molecule has 2 aromatic heterocycles. The van der Waals surface area contributed by atoms with E-state index in [1.807, 2.05) is 48.5 Å². The number of unbranched alkanes of at least 4 members (excludes halogenated alkanes) is 1. The van der Waals surface area contributed by atoms with Crippen molar-refractivity contribution in [3.05, 3.63) is 106 Å². The number of carbonyl (C=O) groups excluding carboxylic acids is 2. The highest BCUT2D eigenvalue weighted by Gasteiger charge is 2.31. The van der Waals surface area contributed by atoms with Crippen LogP contribution in [0.4, 0.5) is 0 Å². The predicted molar refractivity (Wildman–Crippen MR) is 160 cm³/mol. The molecule has 0 aliphatic heterocycles. The van der Waals surface area contributed by atoms with E-state index in [4.69, 9.17) is 4.74 Å². The first kappa shape index (κ1) is 29.3. The monoisotopic (exact) mass is 579 g/mol. The third kappa shape index (κ3) is 6.66. The van der Waals surface area contributed by atoms with Crippen molar-refractivity contribution in [2.24, 2.45) is 5.92 Å². The Hall–Kier alpha value is -5.19. The van der Waals surface area contributed by atoms with Crippen molar-refractivity contribution in [2.75, 3.05) is 6.61 Å². The summed E-state index contributed by atoms with van der Waals surface area (Å²) in [7, 11) is 0. The van der Waals surface area contributed by atoms with Crippen molar-refractivity contribution < 1.29 is 14.3 Å². The number of esters is 1. The number of carbonyl (C=O) groups is 2. The first-order valence-corrected chi connectivity index (χ1v) is 14.3. The number of H-pyrrole nitrogens is 1. The van der Waals surface area contributed by atoms with E-state index in [1.54, 1.807) is 41.8 Å². The molecule has 5 aromatic rings. The summed E-state index contributed by atoms with van der Waals surface area (Å²) in [4.78, 5) is 39.9. The lowest BCUT2D eigenvalue weighted by Crippen LogP contribution is -2.35. The molecule has 3 aromatic carbocycles. The first-order chi connectivity index (χ1) is 21.0. The molecule has 0 saturated carbocycles. The molecule has 0 fully saturated rings. The highest BCUT2D eigenvalue weighted by molar-refractivity contribution is 6.08. The van der Waals surface area contributed by atoms with E-state index >= 15 is 0 Å². The van der Waals surface area contributed by atoms with Crippen LogP contribution < -0.4 is 5.69 Å². The van der Waals surface area contributed by atoms with Gasteiger partial charge in [-0.1, -0.05) is 92.2 Å². The fourth-order valence-corrected chi connectivity index (χ4v) is 4.95. The second-order valence-electron chi connectivity index (χ2n) is 10.1. The number of ether oxygens (including phenoxy) is 1. The number of aromatic nitrogens is 7. The van der Waals surface area contributed by atoms with Gasteiger partial charge in [-0.15, -0.1) is 10.2 Å². The Kier molecular flexibility index (Phi) is 9.30. The maximum absolute atomic E-state index is 13.7. The minimum absolute atomic E-state index is 0.123. The van der Waals surface area contributed by atoms with Gasteiger partial charge >= 0.3 is 11.7 Å². The molecular formula is C32H33N7O4. The molecule has 0 aliphatic carbocycles. The van der Waals surface area contributed by atoms with Crippen LogP contribution in [-0.2, 0) is 29.0 Å². The van der Waals surface area contributed by atoms with Crippen molar-refractivity contribution in [2.45, 2.75) is 46.2 Å². The van der Waals surface area contributed by atoms with Gasteiger partial charge in [-0.05, 0) is 35.2 Å². The number of nitrogens with one attached hydrogen (secondary N) is 1. The fourth-order valence-electron chi connectivity index (χ4n) is 4.95. The molecule has 11 nitrogen and oxygen atoms in total. The third-order valence-electron chi connectivity index (χ3n) is 7.17. The number of aromatic amines is 1. The normalized spacial score (nSPS) is 11.8. The van der Waals surface area contributed by atoms with Gasteiger partial charge in [0.05, 0.1) is 19.7 Å². The van der Waals surface area contributed by atoms with Crippen LogP contribution in [0.15, 0.2) is 83.7 Å². The van der Waals surface area contributed by atoms with E-state index in [0.29, 0.717) is 30.2 Å². The lowest BCUT2D eigenvalue weighted by atomic mass is 9.97. The van der Waals surface area contributed by atoms with E-state index in [9.17, 15) is 14.4 Å². The molecule has 220 valence electrons. The van der Waals surface area contributed by atoms with Crippen LogP contribution in [0.5, 0.6) is 0 Å². The molecule has 0 spiro atoms. The van der Waals surface area contributed by atoms with Crippen LogP contribution in [0.25, 0.3) is 22.5 Å². The maximum atomic E-state index is 13.7. The number of hydrogen-bond donors (Lipinski definition) is 1. The Morgan fingerprint density at radius 2 is 1.65 bits per heavy atom. The molecule has 0 saturated heterocycles. The van der Waals surface area contributed by atoms with Gasteiger partial charge in [-0.3, -0.25) is 14.2 Å². The molecule has 5 rings (SSSR count). The molecule has 0 amide bonds. The van der Waals surface area contributed by atoms with Gasteiger partial charge in [0.1, 0.15) is 11.7 Å². The van der Waals surface area contributed by atoms with Crippen LogP contribution in [0.3, 0.4) is 0 Å². The topological polar surface area (TPSA) is 138 Å². The van der Waals surface area contributed by atoms with Crippen molar-refractivity contribution >= 4 is 11.8 Å². The van der Waals surface area contributed by atoms with Crippen LogP contribution in [-0.4, -0.2) is 53.3 Å². The summed E-state index contributed by atoms with van der Waals surface area (Å²) >= 11 is 0. The number of benzene rings is 3. The van der Waals surface area contributed by atoms with Gasteiger partial charge in [0.15, 0.2) is 5.78 Å². The van der Waals surface area contributed by atoms with E-state index in [-0.39, 0.29) is 18.8 Å². The molecule has 0 aliphatic rings. The zero-order valence-electron chi connectivity index (χ0n) is 24.1. The summed E-state index contributed by atoms with van der Waals surface area (Å²) < 4.78 is 8.06. The molecule has 0 radical (unpaired) electrons. The Bertz CT molecular complexity index is 1730. The van der Waals surface area contributed by atoms with Crippen molar-refractivity contribution in [1.29, 1.82) is 0 Å². The van der Waals surface area contributed by atoms with E-state index in [1.165, 1.54) is 4.68 Å². The minimum atomic E-state index is -1.19. The molecule has 43 heavy (non-hydrogen) atoms. The van der Waals surface area contributed by atoms with Crippen LogP contribution >= 0.6 is 0 Å². The van der Waals surface area contributed by atoms with Gasteiger partial charge < -0.3 is 4.74 Å². The number of ketones is 1. The Morgan fingerprint density at radius 3 is 2.33 bits per heavy atom. The maximum Gasteiger partial charge on any atom is 0.346 e. The predicted octanol–water partition coefficient (Wildman–Crippen LogP) is 4.35. The summed E-state index contributed by atoms with van der Waals surface area (Å²) in [6, 6.07) is 24.3. The second-order valence-corrected chi connectivity index (χ2v) is 10.1. The van der Waals surface area contributed by atoms with Crippen molar-refractivity contribution in [1.82, 2.24) is 35.0 Å². The summed E-state index contributed by atoms with van der Waals surface area (Å²) in [6.07, 6.45) is 2.35. The number of hydrogen-bond acceptors (Lipinski definition) is 8. The average Bonchev–Trinajstić information content (AvgIpc) is 3.68. The SMILES string of the molecule is CCCCc1nn(CC(C(=O)OCC)C(=O)c2ccccc2)c(=O)n1Cc1ccc(-c2ccccc2-c2nn[nH]n2)cc1. The molecule has 1 unspecified atom stereocenters. The van der Waals surface area contributed by atoms with Crippen molar-refractivity contribution in [3.8, 4) is 22.5 Å². The second kappa shape index (κ2) is 13.6. The smallest absolute Gasteiger partial charge is 0.346 e. The van der Waals surface area contributed by atoms with Gasteiger partial charge in [0, 0.05) is 17.5 Å². The van der Waals surface area contributed by atoms with Gasteiger partial charge in [0.25, 0.3) is 0 Å². The molecule has 2 heterocycles. The Morgan fingerprint density at radius 1 is 0.930 bits per heavy atom. The Labute approximate surface area is 248 Å². The van der Waals surface area contributed by atoms with E-state index in [2.05, 4.69) is 32.6 Å². The highest BCUT2D eigenvalue weighted by atomic mass is 16.5. The average molecular weight is 580 g/mol. The van der Waals surface area contributed by atoms with E-state index < -0.39 is 17.7 Å². The number of nitrogens with zero attached hydrogens (tertiary/aromatic N) is 6. The van der Waals surface area contributed by atoms with Crippen LogP contribution in [0.2, 0.25) is 0 Å². The number of Topliss-reactive ketones (excluding diaryl/α,β-unsaturated/α-hetero) is 1. The molecule has 11 heteroatoms. The molecule has 0 bridgehead atoms. The van der Waals surface area contributed by atoms with Crippen LogP contribution in [0, 0.1) is 5.92 Å². The van der Waals surface area contributed by atoms with Crippen molar-refractivity contribution in [3.63, 3.8) is 0 Å². The summed E-state index contributed by atoms with van der Waals surface area (Å²) in [5.74, 6) is -1.17. The fraction of sp³-hybridized carbons (Fsp3) is 0.281. The molecule has 1 atom stereocenters. The highest BCUT2D eigenvalue weighted by Crippen LogP contribution is 2.29. The standard InChI is InChI=1S/C32H33N7O4/c1-3-5-15-28-35-39(21-27(31(41)43-4-2)29(40)24-11-7-6-8-12-24)32(42)38(28)20-22-16-18-23(19-17-22)25-13-9-10-14-26(25)30-33-36-37-34-30/h6-14,16-19,27H,3-5,15,20-21H2,1-2H3,(H,33,34,36,37). The largest absolute Gasteiger partial charge is 0.465 e. The van der Waals surface area contributed by atoms with E-state index in [0.717, 1.165) is 35.1 Å². The first-order valence-electron chi connectivity index (χ1n) is 14.3. The zero-order chi connectivity index (χ0) is 30.2. The summed E-state index contributed by atoms with van der Waals surface area (Å²) in [6.45, 7) is 3.96. The Balaban J connectivity index is 1.43. The number of aryl methyl sites for hydroxylation is 1. The quantitative estimate of drug-likeness (QED) is 0.124. The number of tetrazole rings is 1. The third-order valence-corrected chi connectivity index (χ3v) is 7.17. The zero-order valence-corrected chi connectivity index (χ0v) is 24.1. The van der Waals surface area contributed by atoms with Gasteiger partial charge in [0.2, 0.25) is 5.82 Å². The summed E-state index contributed by atoms with van der Waals surface area (Å²) in [5, 5.41) is 19.0. The molecular weight excluding hydrogens is 546 g/mol.